The van der Waals surface area contributed by atoms with Crippen molar-refractivity contribution in [1.29, 1.82) is 0 Å². The van der Waals surface area contributed by atoms with Gasteiger partial charge in [0.2, 0.25) is 0 Å². The largest absolute Gasteiger partial charge is 0.485 e. The summed E-state index contributed by atoms with van der Waals surface area (Å²) in [5.74, 6) is 2.07. The Morgan fingerprint density at radius 2 is 1.93 bits per heavy atom. The lowest BCUT2D eigenvalue weighted by atomic mass is 10.2. The lowest BCUT2D eigenvalue weighted by molar-refractivity contribution is -0.343. The Morgan fingerprint density at radius 3 is 2.57 bits per heavy atom. The molecule has 1 aromatic heterocycles. The standard InChI is InChI=1S/C20H17F3N2O5/c1-2-3-8-27-18(26)16-11-24-25(13-16)12-15-4-6-17(7-5-15)28-14-19(20(21,22)23)29-9-10-30-19/h4-7,9-11,13H,8,12,14H2,1H3. The highest BCUT2D eigenvalue weighted by Gasteiger charge is 2.62. The van der Waals surface area contributed by atoms with Gasteiger partial charge in [0.25, 0.3) is 0 Å². The average Bonchev–Trinajstić information content (AvgIpc) is 3.38. The fourth-order valence-corrected chi connectivity index (χ4v) is 2.46. The van der Waals surface area contributed by atoms with Crippen LogP contribution in [0.4, 0.5) is 13.2 Å². The van der Waals surface area contributed by atoms with Gasteiger partial charge in [-0.25, -0.2) is 4.79 Å². The molecule has 158 valence electrons. The van der Waals surface area contributed by atoms with Gasteiger partial charge in [-0.15, -0.1) is 5.92 Å². The zero-order chi connectivity index (χ0) is 21.6. The highest BCUT2D eigenvalue weighted by atomic mass is 19.4. The van der Waals surface area contributed by atoms with Crippen molar-refractivity contribution in [2.75, 3.05) is 13.2 Å². The molecule has 1 aliphatic rings. The minimum Gasteiger partial charge on any atom is -0.485 e. The van der Waals surface area contributed by atoms with E-state index < -0.39 is 24.5 Å². The molecular weight excluding hydrogens is 405 g/mol. The third kappa shape index (κ3) is 4.86. The number of aromatic nitrogens is 2. The van der Waals surface area contributed by atoms with Crippen molar-refractivity contribution in [3.63, 3.8) is 0 Å². The van der Waals surface area contributed by atoms with Crippen molar-refractivity contribution in [3.8, 4) is 17.6 Å². The molecule has 2 aromatic rings. The van der Waals surface area contributed by atoms with Gasteiger partial charge < -0.3 is 18.9 Å². The Balaban J connectivity index is 1.56. The van der Waals surface area contributed by atoms with Gasteiger partial charge in [-0.3, -0.25) is 4.68 Å². The summed E-state index contributed by atoms with van der Waals surface area (Å²) >= 11 is 0. The van der Waals surface area contributed by atoms with Crippen molar-refractivity contribution in [2.45, 2.75) is 25.4 Å². The zero-order valence-corrected chi connectivity index (χ0v) is 15.8. The molecule has 0 aliphatic carbocycles. The first-order valence-corrected chi connectivity index (χ1v) is 8.71. The summed E-state index contributed by atoms with van der Waals surface area (Å²) in [4.78, 5) is 11.8. The van der Waals surface area contributed by atoms with E-state index in [9.17, 15) is 18.0 Å². The molecular formula is C20H17F3N2O5. The van der Waals surface area contributed by atoms with Crippen LogP contribution in [0.2, 0.25) is 0 Å². The van der Waals surface area contributed by atoms with Crippen LogP contribution in [0, 0.1) is 11.8 Å². The molecule has 0 amide bonds. The molecule has 0 saturated heterocycles. The fraction of sp³-hybridized carbons (Fsp3) is 0.300. The predicted molar refractivity (Wildman–Crippen MR) is 97.1 cm³/mol. The molecule has 0 radical (unpaired) electrons. The fourth-order valence-electron chi connectivity index (χ4n) is 2.46. The van der Waals surface area contributed by atoms with E-state index in [-0.39, 0.29) is 17.9 Å². The summed E-state index contributed by atoms with van der Waals surface area (Å²) in [6.45, 7) is 1.12. The van der Waals surface area contributed by atoms with Crippen LogP contribution < -0.4 is 4.74 Å². The van der Waals surface area contributed by atoms with Crippen LogP contribution in [0.5, 0.6) is 5.75 Å². The van der Waals surface area contributed by atoms with Crippen LogP contribution in [0.1, 0.15) is 22.8 Å². The summed E-state index contributed by atoms with van der Waals surface area (Å²) < 4.78 is 60.3. The number of halogens is 3. The third-order valence-electron chi connectivity index (χ3n) is 4.02. The maximum Gasteiger partial charge on any atom is 0.471 e. The smallest absolute Gasteiger partial charge is 0.471 e. The SMILES string of the molecule is CC#CCOC(=O)c1cnn(Cc2ccc(OCC3(C(F)(F)F)OC=CO3)cc2)c1. The summed E-state index contributed by atoms with van der Waals surface area (Å²) in [5, 5.41) is 4.09. The van der Waals surface area contributed by atoms with Crippen LogP contribution in [0.25, 0.3) is 0 Å². The maximum atomic E-state index is 13.2. The first kappa shape index (κ1) is 21.1. The minimum atomic E-state index is -4.77. The first-order chi connectivity index (χ1) is 14.3. The second-order valence-electron chi connectivity index (χ2n) is 6.12. The Hall–Kier alpha value is -3.61. The molecule has 1 aromatic carbocycles. The van der Waals surface area contributed by atoms with Crippen molar-refractivity contribution in [1.82, 2.24) is 9.78 Å². The molecule has 0 bridgehead atoms. The average molecular weight is 422 g/mol. The summed E-state index contributed by atoms with van der Waals surface area (Å²) in [6, 6.07) is 6.37. The number of rotatable bonds is 7. The lowest BCUT2D eigenvalue weighted by Gasteiger charge is -2.29. The van der Waals surface area contributed by atoms with Crippen molar-refractivity contribution >= 4 is 5.97 Å². The second kappa shape index (κ2) is 8.82. The van der Waals surface area contributed by atoms with Gasteiger partial charge in [-0.05, 0) is 24.6 Å². The predicted octanol–water partition coefficient (Wildman–Crippen LogP) is 3.27. The molecule has 0 atom stereocenters. The zero-order valence-electron chi connectivity index (χ0n) is 15.8. The van der Waals surface area contributed by atoms with Gasteiger partial charge in [0.05, 0.1) is 18.3 Å². The van der Waals surface area contributed by atoms with Crippen molar-refractivity contribution < 1.29 is 36.9 Å². The van der Waals surface area contributed by atoms with E-state index in [4.69, 9.17) is 9.47 Å². The highest BCUT2D eigenvalue weighted by molar-refractivity contribution is 5.88. The van der Waals surface area contributed by atoms with Gasteiger partial charge in [0.1, 0.15) is 18.3 Å². The quantitative estimate of drug-likeness (QED) is 0.504. The van der Waals surface area contributed by atoms with Crippen LogP contribution in [-0.2, 0) is 20.8 Å². The van der Waals surface area contributed by atoms with E-state index in [1.807, 2.05) is 0 Å². The van der Waals surface area contributed by atoms with Gasteiger partial charge in [-0.1, -0.05) is 18.1 Å². The third-order valence-corrected chi connectivity index (χ3v) is 4.02. The van der Waals surface area contributed by atoms with Crippen LogP contribution in [0.15, 0.2) is 49.2 Å². The monoisotopic (exact) mass is 422 g/mol. The van der Waals surface area contributed by atoms with Crippen LogP contribution in [0.3, 0.4) is 0 Å². The highest BCUT2D eigenvalue weighted by Crippen LogP contribution is 2.38. The lowest BCUT2D eigenvalue weighted by Crippen LogP contribution is -2.51. The number of esters is 1. The molecule has 0 saturated carbocycles. The Morgan fingerprint density at radius 1 is 1.23 bits per heavy atom. The van der Waals surface area contributed by atoms with E-state index in [1.165, 1.54) is 29.2 Å². The molecule has 1 aliphatic heterocycles. The Bertz CT molecular complexity index is 963. The van der Waals surface area contributed by atoms with Gasteiger partial charge in [0.15, 0.2) is 13.2 Å². The molecule has 30 heavy (non-hydrogen) atoms. The number of nitrogens with zero attached hydrogens (tertiary/aromatic N) is 2. The maximum absolute atomic E-state index is 13.2. The van der Waals surface area contributed by atoms with Crippen LogP contribution in [-0.4, -0.2) is 40.9 Å². The summed E-state index contributed by atoms with van der Waals surface area (Å²) in [7, 11) is 0. The van der Waals surface area contributed by atoms with Gasteiger partial charge in [-0.2, -0.15) is 18.3 Å². The molecule has 2 heterocycles. The first-order valence-electron chi connectivity index (χ1n) is 8.71. The van der Waals surface area contributed by atoms with E-state index in [1.54, 1.807) is 19.1 Å². The normalized spacial score (nSPS) is 14.3. The number of hydrogen-bond acceptors (Lipinski definition) is 6. The van der Waals surface area contributed by atoms with E-state index in [0.717, 1.165) is 18.1 Å². The van der Waals surface area contributed by atoms with Gasteiger partial charge >= 0.3 is 17.9 Å². The molecule has 10 heteroatoms. The molecule has 3 rings (SSSR count). The Labute approximate surface area is 170 Å². The number of carbonyl (C=O) groups excluding carboxylic acids is 1. The Kier molecular flexibility index (Phi) is 6.20. The van der Waals surface area contributed by atoms with Crippen molar-refractivity contribution in [3.05, 3.63) is 60.3 Å². The van der Waals surface area contributed by atoms with E-state index >= 15 is 0 Å². The molecule has 0 fully saturated rings. The summed E-state index contributed by atoms with van der Waals surface area (Å²) in [6.07, 6.45) is -0.207. The second-order valence-corrected chi connectivity index (χ2v) is 6.12. The topological polar surface area (TPSA) is 71.8 Å². The van der Waals surface area contributed by atoms with Crippen LogP contribution >= 0.6 is 0 Å². The molecule has 0 N–H and O–H groups in total. The van der Waals surface area contributed by atoms with E-state index in [0.29, 0.717) is 6.54 Å². The molecule has 0 unspecified atom stereocenters. The number of alkyl halides is 3. The molecule has 0 spiro atoms. The number of carbonyl (C=O) groups is 1. The van der Waals surface area contributed by atoms with Crippen molar-refractivity contribution in [2.24, 2.45) is 0 Å². The van der Waals surface area contributed by atoms with Gasteiger partial charge in [0, 0.05) is 6.20 Å². The number of benzene rings is 1. The number of ether oxygens (including phenoxy) is 4. The van der Waals surface area contributed by atoms with E-state index in [2.05, 4.69) is 26.4 Å². The number of hydrogen-bond donors (Lipinski definition) is 0. The minimum absolute atomic E-state index is 0.00371. The summed E-state index contributed by atoms with van der Waals surface area (Å²) in [5.41, 5.74) is 1.08. The molecule has 7 nitrogen and oxygen atoms in total.